The fourth-order valence-electron chi connectivity index (χ4n) is 8.70. The van der Waals surface area contributed by atoms with E-state index in [9.17, 15) is 0 Å². The monoisotopic (exact) mass is 748 g/mol. The molecule has 8 aromatic carbocycles. The van der Waals surface area contributed by atoms with Crippen molar-refractivity contribution in [1.29, 1.82) is 0 Å². The molecule has 0 saturated carbocycles. The van der Waals surface area contributed by atoms with Crippen molar-refractivity contribution in [2.75, 3.05) is 0 Å². The zero-order valence-electron chi connectivity index (χ0n) is 30.6. The van der Waals surface area contributed by atoms with Crippen LogP contribution in [0.4, 0.5) is 0 Å². The number of nitrogens with one attached hydrogen (secondary N) is 1. The summed E-state index contributed by atoms with van der Waals surface area (Å²) in [6, 6.07) is 64.2. The van der Waals surface area contributed by atoms with Crippen molar-refractivity contribution in [1.82, 2.24) is 9.88 Å². The highest BCUT2D eigenvalue weighted by molar-refractivity contribution is 7.26. The molecule has 268 valence electrons. The minimum absolute atomic E-state index is 0.397. The molecule has 5 nitrogen and oxygen atoms in total. The molecule has 1 aliphatic rings. The summed E-state index contributed by atoms with van der Waals surface area (Å²) in [6.07, 6.45) is -0.397. The molecule has 0 bridgehead atoms. The maximum Gasteiger partial charge on any atom is 0.159 e. The summed E-state index contributed by atoms with van der Waals surface area (Å²) in [7, 11) is 0. The van der Waals surface area contributed by atoms with Crippen LogP contribution in [0.2, 0.25) is 0 Å². The molecule has 1 N–H and O–H groups in total. The van der Waals surface area contributed by atoms with Gasteiger partial charge in [-0.3, -0.25) is 0 Å². The van der Waals surface area contributed by atoms with Gasteiger partial charge >= 0.3 is 0 Å². The van der Waals surface area contributed by atoms with Crippen molar-refractivity contribution in [2.45, 2.75) is 6.17 Å². The van der Waals surface area contributed by atoms with Crippen LogP contribution < -0.4 is 5.32 Å². The van der Waals surface area contributed by atoms with Gasteiger partial charge in [0.1, 0.15) is 17.0 Å². The lowest BCUT2D eigenvalue weighted by molar-refractivity contribution is 0.628. The number of fused-ring (bicyclic) bond motifs is 9. The average Bonchev–Trinajstić information content (AvgIpc) is 3.96. The van der Waals surface area contributed by atoms with Gasteiger partial charge in [0.15, 0.2) is 12.0 Å². The average molecular weight is 749 g/mol. The van der Waals surface area contributed by atoms with Gasteiger partial charge in [0.05, 0.1) is 21.4 Å². The van der Waals surface area contributed by atoms with Crippen LogP contribution in [0.15, 0.2) is 196 Å². The van der Waals surface area contributed by atoms with E-state index in [1.165, 1.54) is 53.2 Å². The van der Waals surface area contributed by atoms with Crippen molar-refractivity contribution in [3.05, 3.63) is 199 Å². The summed E-state index contributed by atoms with van der Waals surface area (Å²) in [5.74, 6) is 1.47. The first-order valence-corrected chi connectivity index (χ1v) is 20.0. The first-order chi connectivity index (χ1) is 28.3. The van der Waals surface area contributed by atoms with E-state index in [2.05, 4.69) is 155 Å². The summed E-state index contributed by atoms with van der Waals surface area (Å²) < 4.78 is 11.8. The maximum atomic E-state index is 6.86. The SMILES string of the molecule is c1ccc(C2=NC(c3cccc4c3oc3cc(-c5cccc6sc7c(-n8c9ccccc9c9ccccc98)cccc7c56)ccc34)NC(c3ccccc3)=N2)cc1. The van der Waals surface area contributed by atoms with Gasteiger partial charge in [-0.1, -0.05) is 146 Å². The molecule has 1 aliphatic heterocycles. The molecule has 1 unspecified atom stereocenters. The molecule has 1 atom stereocenters. The Labute approximate surface area is 331 Å². The Bertz CT molecular complexity index is 3390. The third-order valence-electron chi connectivity index (χ3n) is 11.3. The fourth-order valence-corrected chi connectivity index (χ4v) is 9.94. The highest BCUT2D eigenvalue weighted by Gasteiger charge is 2.25. The third kappa shape index (κ3) is 5.01. The van der Waals surface area contributed by atoms with E-state index in [4.69, 9.17) is 14.4 Å². The number of rotatable bonds is 5. The van der Waals surface area contributed by atoms with Crippen molar-refractivity contribution in [2.24, 2.45) is 9.98 Å². The number of furan rings is 1. The van der Waals surface area contributed by atoms with Crippen LogP contribution in [0.3, 0.4) is 0 Å². The second-order valence-corrected chi connectivity index (χ2v) is 15.6. The van der Waals surface area contributed by atoms with E-state index in [-0.39, 0.29) is 0 Å². The van der Waals surface area contributed by atoms with Crippen LogP contribution in [0.1, 0.15) is 22.9 Å². The zero-order valence-corrected chi connectivity index (χ0v) is 31.4. The highest BCUT2D eigenvalue weighted by atomic mass is 32.1. The summed E-state index contributed by atoms with van der Waals surface area (Å²) in [6.45, 7) is 0. The van der Waals surface area contributed by atoms with Crippen LogP contribution in [-0.2, 0) is 0 Å². The molecule has 0 amide bonds. The van der Waals surface area contributed by atoms with E-state index in [0.717, 1.165) is 50.0 Å². The first kappa shape index (κ1) is 32.0. The van der Waals surface area contributed by atoms with Gasteiger partial charge in [-0.25, -0.2) is 9.98 Å². The van der Waals surface area contributed by atoms with Gasteiger partial charge in [-0.15, -0.1) is 11.3 Å². The number of hydrogen-bond acceptors (Lipinski definition) is 5. The highest BCUT2D eigenvalue weighted by Crippen LogP contribution is 2.45. The number of hydrogen-bond donors (Lipinski definition) is 1. The molecule has 0 radical (unpaired) electrons. The molecule has 0 spiro atoms. The maximum absolute atomic E-state index is 6.86. The van der Waals surface area contributed by atoms with Crippen LogP contribution in [0.25, 0.3) is 80.7 Å². The normalized spacial score (nSPS) is 14.5. The number of nitrogens with zero attached hydrogens (tertiary/aromatic N) is 3. The number of aliphatic imine (C=N–C) groups is 2. The summed E-state index contributed by atoms with van der Waals surface area (Å²) in [5.41, 5.74) is 10.5. The number of thiophene rings is 1. The van der Waals surface area contributed by atoms with Crippen LogP contribution >= 0.6 is 11.3 Å². The Morgan fingerprint density at radius 2 is 1.21 bits per heavy atom. The lowest BCUT2D eigenvalue weighted by atomic mass is 9.98. The quantitative estimate of drug-likeness (QED) is 0.191. The molecule has 0 aliphatic carbocycles. The Morgan fingerprint density at radius 1 is 0.544 bits per heavy atom. The largest absolute Gasteiger partial charge is 0.456 e. The van der Waals surface area contributed by atoms with Crippen molar-refractivity contribution in [3.63, 3.8) is 0 Å². The minimum atomic E-state index is -0.397. The lowest BCUT2D eigenvalue weighted by Gasteiger charge is -2.23. The van der Waals surface area contributed by atoms with E-state index >= 15 is 0 Å². The van der Waals surface area contributed by atoms with Gasteiger partial charge in [0.2, 0.25) is 0 Å². The molecule has 12 rings (SSSR count). The van der Waals surface area contributed by atoms with E-state index < -0.39 is 6.17 Å². The Morgan fingerprint density at radius 3 is 2.00 bits per heavy atom. The third-order valence-corrected chi connectivity index (χ3v) is 12.5. The number of aromatic nitrogens is 1. The smallest absolute Gasteiger partial charge is 0.159 e. The predicted molar refractivity (Wildman–Crippen MR) is 238 cm³/mol. The van der Waals surface area contributed by atoms with Gasteiger partial charge in [-0.05, 0) is 47.5 Å². The summed E-state index contributed by atoms with van der Waals surface area (Å²) in [4.78, 5) is 10.1. The molecule has 3 aromatic heterocycles. The molecular formula is C51H32N4OS. The lowest BCUT2D eigenvalue weighted by Crippen LogP contribution is -2.33. The number of para-hydroxylation sites is 3. The number of benzene rings is 8. The Hall–Kier alpha value is -7.28. The van der Waals surface area contributed by atoms with E-state index in [1.54, 1.807) is 0 Å². The van der Waals surface area contributed by atoms with Gasteiger partial charge < -0.3 is 14.3 Å². The molecule has 0 saturated heterocycles. The predicted octanol–water partition coefficient (Wildman–Crippen LogP) is 13.2. The van der Waals surface area contributed by atoms with Crippen molar-refractivity contribution < 1.29 is 4.42 Å². The molecule has 57 heavy (non-hydrogen) atoms. The van der Waals surface area contributed by atoms with Crippen molar-refractivity contribution >= 4 is 86.9 Å². The van der Waals surface area contributed by atoms with Gasteiger partial charge in [0, 0.05) is 53.7 Å². The molecule has 4 heterocycles. The second-order valence-electron chi connectivity index (χ2n) is 14.5. The minimum Gasteiger partial charge on any atom is -0.456 e. The van der Waals surface area contributed by atoms with Crippen LogP contribution in [0.5, 0.6) is 0 Å². The first-order valence-electron chi connectivity index (χ1n) is 19.2. The molecule has 11 aromatic rings. The van der Waals surface area contributed by atoms with Crippen molar-refractivity contribution in [3.8, 4) is 16.8 Å². The summed E-state index contributed by atoms with van der Waals surface area (Å²) >= 11 is 1.86. The summed E-state index contributed by atoms with van der Waals surface area (Å²) in [5, 5.41) is 10.8. The fraction of sp³-hybridized carbons (Fsp3) is 0.0196. The molecule has 6 heteroatoms. The molecule has 0 fully saturated rings. The van der Waals surface area contributed by atoms with E-state index in [0.29, 0.717) is 5.84 Å². The topological polar surface area (TPSA) is 54.8 Å². The van der Waals surface area contributed by atoms with Gasteiger partial charge in [0.25, 0.3) is 0 Å². The Balaban J connectivity index is 0.998. The Kier molecular flexibility index (Phi) is 7.09. The van der Waals surface area contributed by atoms with E-state index in [1.807, 2.05) is 47.7 Å². The zero-order chi connectivity index (χ0) is 37.5. The second kappa shape index (κ2) is 12.6. The van der Waals surface area contributed by atoms with Crippen LogP contribution in [0, 0.1) is 0 Å². The molecular weight excluding hydrogens is 717 g/mol. The standard InChI is InChI=1S/C51H32N4OS/c1-3-14-31(15-4-1)49-52-50(32-16-5-2-6-17-32)54-51(53-49)40-23-11-21-38-37-29-28-33(30-44(37)56-47(38)40)34-20-13-27-45-46(34)39-22-12-26-43(48(39)57-45)55-41-24-9-7-18-35(41)36-19-8-10-25-42(36)55/h1-30,51H,(H,52,53,54). The van der Waals surface area contributed by atoms with Gasteiger partial charge in [-0.2, -0.15) is 0 Å². The van der Waals surface area contributed by atoms with Crippen LogP contribution in [-0.4, -0.2) is 16.2 Å². The number of amidine groups is 2.